The highest BCUT2D eigenvalue weighted by molar-refractivity contribution is 6.31. The van der Waals surface area contributed by atoms with Crippen LogP contribution in [0, 0.1) is 10.1 Å². The van der Waals surface area contributed by atoms with Crippen LogP contribution in [0.1, 0.15) is 11.6 Å². The van der Waals surface area contributed by atoms with Gasteiger partial charge in [0.25, 0.3) is 5.69 Å². The lowest BCUT2D eigenvalue weighted by Crippen LogP contribution is -2.42. The second-order valence-corrected chi connectivity index (χ2v) is 4.08. The number of nitro groups is 1. The Hall–Kier alpha value is -0.880. The first kappa shape index (κ1) is 14.2. The fourth-order valence-electron chi connectivity index (χ4n) is 1.79. The molecule has 0 aromatic heterocycles. The molecule has 7 heteroatoms. The van der Waals surface area contributed by atoms with Crippen LogP contribution in [0.3, 0.4) is 0 Å². The standard InChI is InChI=1S/C10H12ClN3O2.ClH/c11-9-2-1-7(14(15)16)5-8(9)10-6-12-3-4-13-10;/h1-2,5,10,12-13H,3-4,6H2;1H/t10-;/m0./s1. The fraction of sp³-hybridized carbons (Fsp3) is 0.400. The molecule has 0 bridgehead atoms. The summed E-state index contributed by atoms with van der Waals surface area (Å²) in [5.74, 6) is 0. The van der Waals surface area contributed by atoms with Crippen LogP contribution in [-0.4, -0.2) is 24.6 Å². The van der Waals surface area contributed by atoms with Crippen molar-refractivity contribution in [3.63, 3.8) is 0 Å². The van der Waals surface area contributed by atoms with Gasteiger partial charge in [0.2, 0.25) is 0 Å². The molecule has 1 saturated heterocycles. The molecule has 0 aliphatic carbocycles. The van der Waals surface area contributed by atoms with Gasteiger partial charge < -0.3 is 10.6 Å². The highest BCUT2D eigenvalue weighted by atomic mass is 35.5. The van der Waals surface area contributed by atoms with Crippen LogP contribution in [0.5, 0.6) is 0 Å². The average Bonchev–Trinajstić information content (AvgIpc) is 2.30. The summed E-state index contributed by atoms with van der Waals surface area (Å²) in [4.78, 5) is 10.3. The Labute approximate surface area is 110 Å². The molecule has 5 nitrogen and oxygen atoms in total. The van der Waals surface area contributed by atoms with Crippen molar-refractivity contribution in [1.29, 1.82) is 0 Å². The second kappa shape index (κ2) is 6.16. The van der Waals surface area contributed by atoms with Gasteiger partial charge in [-0.3, -0.25) is 10.1 Å². The van der Waals surface area contributed by atoms with Crippen molar-refractivity contribution in [3.05, 3.63) is 38.9 Å². The summed E-state index contributed by atoms with van der Waals surface area (Å²) in [6, 6.07) is 4.57. The summed E-state index contributed by atoms with van der Waals surface area (Å²) >= 11 is 6.04. The first-order valence-corrected chi connectivity index (χ1v) is 5.44. The fourth-order valence-corrected chi connectivity index (χ4v) is 2.03. The molecule has 17 heavy (non-hydrogen) atoms. The van der Waals surface area contributed by atoms with Crippen LogP contribution < -0.4 is 10.6 Å². The molecule has 0 radical (unpaired) electrons. The van der Waals surface area contributed by atoms with Gasteiger partial charge in [0.15, 0.2) is 0 Å². The van der Waals surface area contributed by atoms with E-state index in [1.54, 1.807) is 6.07 Å². The average molecular weight is 278 g/mol. The predicted octanol–water partition coefficient (Wildman–Crippen LogP) is 1.90. The Bertz CT molecular complexity index is 409. The number of halogens is 2. The quantitative estimate of drug-likeness (QED) is 0.640. The molecule has 2 rings (SSSR count). The van der Waals surface area contributed by atoms with E-state index in [-0.39, 0.29) is 24.1 Å². The minimum Gasteiger partial charge on any atom is -0.314 e. The lowest BCUT2D eigenvalue weighted by molar-refractivity contribution is -0.384. The second-order valence-electron chi connectivity index (χ2n) is 3.67. The summed E-state index contributed by atoms with van der Waals surface area (Å²) in [6.07, 6.45) is 0. The number of nitro benzene ring substituents is 1. The van der Waals surface area contributed by atoms with Crippen LogP contribution in [0.4, 0.5) is 5.69 Å². The molecule has 1 fully saturated rings. The highest BCUT2D eigenvalue weighted by Crippen LogP contribution is 2.27. The Morgan fingerprint density at radius 2 is 2.18 bits per heavy atom. The lowest BCUT2D eigenvalue weighted by Gasteiger charge is -2.25. The minimum absolute atomic E-state index is 0. The molecule has 0 spiro atoms. The summed E-state index contributed by atoms with van der Waals surface area (Å²) in [5.41, 5.74) is 0.856. The van der Waals surface area contributed by atoms with Crippen molar-refractivity contribution in [3.8, 4) is 0 Å². The first-order valence-electron chi connectivity index (χ1n) is 5.06. The van der Waals surface area contributed by atoms with E-state index in [0.29, 0.717) is 5.02 Å². The van der Waals surface area contributed by atoms with Crippen molar-refractivity contribution < 1.29 is 4.92 Å². The third-order valence-electron chi connectivity index (χ3n) is 2.61. The number of piperazine rings is 1. The number of hydrogen-bond donors (Lipinski definition) is 2. The van der Waals surface area contributed by atoms with Gasteiger partial charge >= 0.3 is 0 Å². The maximum atomic E-state index is 10.7. The topological polar surface area (TPSA) is 67.2 Å². The van der Waals surface area contributed by atoms with Gasteiger partial charge in [0.1, 0.15) is 0 Å². The third kappa shape index (κ3) is 3.29. The Morgan fingerprint density at radius 3 is 2.76 bits per heavy atom. The van der Waals surface area contributed by atoms with E-state index in [1.807, 2.05) is 0 Å². The minimum atomic E-state index is -0.407. The molecule has 94 valence electrons. The number of nitrogens with zero attached hydrogens (tertiary/aromatic N) is 1. The number of benzene rings is 1. The zero-order valence-electron chi connectivity index (χ0n) is 8.98. The van der Waals surface area contributed by atoms with Crippen LogP contribution in [0.15, 0.2) is 18.2 Å². The van der Waals surface area contributed by atoms with E-state index in [9.17, 15) is 10.1 Å². The van der Waals surface area contributed by atoms with Gasteiger partial charge in [-0.05, 0) is 11.6 Å². The van der Waals surface area contributed by atoms with Gasteiger partial charge in [-0.1, -0.05) is 11.6 Å². The highest BCUT2D eigenvalue weighted by Gasteiger charge is 2.19. The molecule has 0 unspecified atom stereocenters. The van der Waals surface area contributed by atoms with E-state index in [0.717, 1.165) is 25.2 Å². The summed E-state index contributed by atoms with van der Waals surface area (Å²) in [7, 11) is 0. The summed E-state index contributed by atoms with van der Waals surface area (Å²) in [6.45, 7) is 2.48. The molecule has 1 aliphatic rings. The summed E-state index contributed by atoms with van der Waals surface area (Å²) in [5, 5.41) is 17.7. The number of non-ortho nitro benzene ring substituents is 1. The van der Waals surface area contributed by atoms with E-state index < -0.39 is 4.92 Å². The van der Waals surface area contributed by atoms with Crippen molar-refractivity contribution in [2.75, 3.05) is 19.6 Å². The normalized spacial score (nSPS) is 19.5. The molecule has 1 aromatic carbocycles. The van der Waals surface area contributed by atoms with E-state index in [1.165, 1.54) is 12.1 Å². The van der Waals surface area contributed by atoms with E-state index in [2.05, 4.69) is 10.6 Å². The molecule has 1 heterocycles. The van der Waals surface area contributed by atoms with Gasteiger partial charge in [0, 0.05) is 42.8 Å². The maximum Gasteiger partial charge on any atom is 0.269 e. The Balaban J connectivity index is 0.00000144. The molecule has 0 amide bonds. The van der Waals surface area contributed by atoms with E-state index >= 15 is 0 Å². The van der Waals surface area contributed by atoms with Gasteiger partial charge in [0.05, 0.1) is 4.92 Å². The van der Waals surface area contributed by atoms with Crippen LogP contribution in [0.25, 0.3) is 0 Å². The molecule has 1 aromatic rings. The maximum absolute atomic E-state index is 10.7. The first-order chi connectivity index (χ1) is 7.68. The largest absolute Gasteiger partial charge is 0.314 e. The van der Waals surface area contributed by atoms with Gasteiger partial charge in [-0.15, -0.1) is 12.4 Å². The molecule has 1 aliphatic heterocycles. The lowest BCUT2D eigenvalue weighted by atomic mass is 10.0. The molecular formula is C10H13Cl2N3O2. The zero-order valence-corrected chi connectivity index (χ0v) is 10.6. The van der Waals surface area contributed by atoms with Crippen LogP contribution in [-0.2, 0) is 0 Å². The SMILES string of the molecule is Cl.O=[N+]([O-])c1ccc(Cl)c([C@@H]2CNCCN2)c1. The Morgan fingerprint density at radius 1 is 1.41 bits per heavy atom. The zero-order chi connectivity index (χ0) is 11.5. The molecule has 1 atom stereocenters. The number of nitrogens with one attached hydrogen (secondary N) is 2. The molecular weight excluding hydrogens is 265 g/mol. The van der Waals surface area contributed by atoms with Crippen molar-refractivity contribution in [2.45, 2.75) is 6.04 Å². The summed E-state index contributed by atoms with van der Waals surface area (Å²) < 4.78 is 0. The van der Waals surface area contributed by atoms with Crippen LogP contribution in [0.2, 0.25) is 5.02 Å². The smallest absolute Gasteiger partial charge is 0.269 e. The van der Waals surface area contributed by atoms with Crippen molar-refractivity contribution >= 4 is 29.7 Å². The van der Waals surface area contributed by atoms with E-state index in [4.69, 9.17) is 11.6 Å². The number of hydrogen-bond acceptors (Lipinski definition) is 4. The van der Waals surface area contributed by atoms with Gasteiger partial charge in [-0.25, -0.2) is 0 Å². The monoisotopic (exact) mass is 277 g/mol. The van der Waals surface area contributed by atoms with Crippen LogP contribution >= 0.6 is 24.0 Å². The third-order valence-corrected chi connectivity index (χ3v) is 2.95. The Kier molecular flexibility index (Phi) is 5.14. The molecule has 0 saturated carbocycles. The molecule has 2 N–H and O–H groups in total. The van der Waals surface area contributed by atoms with Crippen molar-refractivity contribution in [1.82, 2.24) is 10.6 Å². The predicted molar refractivity (Wildman–Crippen MR) is 69.0 cm³/mol. The number of rotatable bonds is 2. The van der Waals surface area contributed by atoms with Gasteiger partial charge in [-0.2, -0.15) is 0 Å². The van der Waals surface area contributed by atoms with Crippen molar-refractivity contribution in [2.24, 2.45) is 0 Å².